The van der Waals surface area contributed by atoms with Crippen LogP contribution < -0.4 is 0 Å². The van der Waals surface area contributed by atoms with Gasteiger partial charge >= 0.3 is 5.97 Å². The van der Waals surface area contributed by atoms with E-state index in [-0.39, 0.29) is 98.7 Å². The lowest BCUT2D eigenvalue weighted by Gasteiger charge is -2.46. The normalized spacial score (nSPS) is 38.3. The van der Waals surface area contributed by atoms with Crippen LogP contribution >= 0.6 is 11.8 Å². The first-order valence-corrected chi connectivity index (χ1v) is 39.3. The first-order chi connectivity index (χ1) is 50.1. The van der Waals surface area contributed by atoms with Gasteiger partial charge in [0.1, 0.15) is 11.9 Å². The third-order valence-corrected chi connectivity index (χ3v) is 21.2. The van der Waals surface area contributed by atoms with Crippen LogP contribution in [0.1, 0.15) is 196 Å². The molecule has 3 rings (SSSR count). The molecule has 23 nitrogen and oxygen atoms in total. The van der Waals surface area contributed by atoms with Crippen molar-refractivity contribution in [2.75, 3.05) is 13.4 Å². The lowest BCUT2D eigenvalue weighted by molar-refractivity contribution is -0.302. The fourth-order valence-electron chi connectivity index (χ4n) is 13.5. The Morgan fingerprint density at radius 3 is 1.84 bits per heavy atom. The first kappa shape index (κ1) is 95.3. The summed E-state index contributed by atoms with van der Waals surface area (Å²) in [5.41, 5.74) is 0.580. The fourth-order valence-corrected chi connectivity index (χ4v) is 14.2. The zero-order valence-electron chi connectivity index (χ0n) is 63.9. The van der Waals surface area contributed by atoms with E-state index in [0.717, 1.165) is 43.5 Å². The molecule has 2 bridgehead atoms. The molecule has 0 aromatic heterocycles. The van der Waals surface area contributed by atoms with Gasteiger partial charge in [-0.3, -0.25) is 19.2 Å². The lowest BCUT2D eigenvalue weighted by Crippen LogP contribution is -2.55. The highest BCUT2D eigenvalue weighted by molar-refractivity contribution is 8.03. The third kappa shape index (κ3) is 36.7. The van der Waals surface area contributed by atoms with Crippen LogP contribution in [0.4, 0.5) is 0 Å². The Morgan fingerprint density at radius 2 is 1.19 bits per heavy atom. The SMILES string of the molecule is CO[C@H](CC[C@@H](C)/C=C/C=C[C@H]1C[C@@H](O)C[C@H](O)CCCCCCC[C@H](O)C[C@@H](O)C\C=C/C=C\C=C/[C@@H](O)CC(=O)C[C@@H](O)C/C=C\C=C/[C@H](O)C[C@@H](O)C[C@H](O)CC[C@@H](C)[C@@H](O)C[C@@H](O)[C@@H](C)[C@@H](O)/C(C)=C\C=C/[C@@H](C)[C@H](O)[C@H](C)[C@@H]2O[C@](O)(CC(=O)O1)C[C@H](O)[C@H]2C)C1=C(SC)C(=O)C=C(O)C1=O. The van der Waals surface area contributed by atoms with E-state index in [0.29, 0.717) is 50.5 Å². The second kappa shape index (κ2) is 50.8. The molecule has 24 atom stereocenters. The van der Waals surface area contributed by atoms with Crippen molar-refractivity contribution in [2.24, 2.45) is 35.5 Å². The summed E-state index contributed by atoms with van der Waals surface area (Å²) in [6.07, 6.45) is 18.1. The number of methoxy groups -OCH3 is 1. The second-order valence-electron chi connectivity index (χ2n) is 30.0. The predicted octanol–water partition coefficient (Wildman–Crippen LogP) is 8.03. The highest BCUT2D eigenvalue weighted by Gasteiger charge is 2.49. The molecule has 0 aromatic carbocycles. The summed E-state index contributed by atoms with van der Waals surface area (Å²) in [7, 11) is 1.42. The molecule has 602 valence electrons. The summed E-state index contributed by atoms with van der Waals surface area (Å²) < 4.78 is 17.8. The van der Waals surface area contributed by atoms with Crippen LogP contribution in [-0.2, 0) is 33.4 Å². The number of ether oxygens (including phenoxy) is 3. The van der Waals surface area contributed by atoms with Gasteiger partial charge in [-0.2, -0.15) is 0 Å². The highest BCUT2D eigenvalue weighted by atomic mass is 32.2. The number of thioether (sulfide) groups is 1. The van der Waals surface area contributed by atoms with Gasteiger partial charge in [0.15, 0.2) is 17.3 Å². The Hall–Kier alpha value is -4.91. The van der Waals surface area contributed by atoms with Gasteiger partial charge < -0.3 is 95.9 Å². The van der Waals surface area contributed by atoms with Crippen LogP contribution in [0.25, 0.3) is 0 Å². The van der Waals surface area contributed by atoms with E-state index < -0.39 is 163 Å². The fraction of sp³-hybridized carbons (Fsp3) is 0.683. The van der Waals surface area contributed by atoms with Crippen molar-refractivity contribution in [1.29, 1.82) is 0 Å². The van der Waals surface area contributed by atoms with Crippen molar-refractivity contribution in [3.63, 3.8) is 0 Å². The molecule has 0 spiro atoms. The maximum atomic E-state index is 14.0. The number of aliphatic hydroxyl groups is 16. The van der Waals surface area contributed by atoms with Gasteiger partial charge in [0, 0.05) is 74.5 Å². The number of rotatable bonds is 9. The van der Waals surface area contributed by atoms with E-state index in [1.54, 1.807) is 127 Å². The molecular formula is C82H130O23S. The predicted molar refractivity (Wildman–Crippen MR) is 409 cm³/mol. The molecule has 0 unspecified atom stereocenters. The van der Waals surface area contributed by atoms with Crippen molar-refractivity contribution in [1.82, 2.24) is 0 Å². The van der Waals surface area contributed by atoms with E-state index in [1.165, 1.54) is 25.3 Å². The third-order valence-electron chi connectivity index (χ3n) is 20.4. The highest BCUT2D eigenvalue weighted by Crippen LogP contribution is 2.39. The molecule has 16 N–H and O–H groups in total. The maximum absolute atomic E-state index is 14.0. The van der Waals surface area contributed by atoms with E-state index >= 15 is 0 Å². The van der Waals surface area contributed by atoms with E-state index in [9.17, 15) is 101 Å². The Kier molecular flexibility index (Phi) is 45.7. The number of ketones is 3. The zero-order valence-corrected chi connectivity index (χ0v) is 64.7. The summed E-state index contributed by atoms with van der Waals surface area (Å²) in [5, 5.41) is 175. The lowest BCUT2D eigenvalue weighted by atomic mass is 9.78. The number of carbonyl (C=O) groups is 4. The van der Waals surface area contributed by atoms with Crippen LogP contribution in [0.2, 0.25) is 0 Å². The molecule has 1 saturated heterocycles. The van der Waals surface area contributed by atoms with Gasteiger partial charge in [-0.25, -0.2) is 0 Å². The summed E-state index contributed by atoms with van der Waals surface area (Å²) in [6, 6.07) is 0. The molecule has 0 radical (unpaired) electrons. The summed E-state index contributed by atoms with van der Waals surface area (Å²) in [4.78, 5) is 52.3. The number of Topliss-reactive ketones (excluding diaryl/α,β-unsaturated/α-hetero) is 2. The second-order valence-corrected chi connectivity index (χ2v) is 30.8. The number of fused-ring (bicyclic) bond motifs is 2. The van der Waals surface area contributed by atoms with E-state index in [2.05, 4.69) is 0 Å². The van der Waals surface area contributed by atoms with E-state index in [4.69, 9.17) is 14.2 Å². The van der Waals surface area contributed by atoms with Crippen molar-refractivity contribution < 1.29 is 115 Å². The molecule has 106 heavy (non-hydrogen) atoms. The number of cyclic esters (lactones) is 1. The topological polar surface area (TPSA) is 420 Å². The summed E-state index contributed by atoms with van der Waals surface area (Å²) in [6.45, 7) is 12.2. The van der Waals surface area contributed by atoms with Crippen LogP contribution in [0, 0.1) is 35.5 Å². The Bertz CT molecular complexity index is 2950. The van der Waals surface area contributed by atoms with Gasteiger partial charge in [0.2, 0.25) is 5.78 Å². The van der Waals surface area contributed by atoms with Crippen molar-refractivity contribution in [3.05, 3.63) is 131 Å². The monoisotopic (exact) mass is 1510 g/mol. The number of allylic oxidation sites excluding steroid dienone is 14. The van der Waals surface area contributed by atoms with Gasteiger partial charge in [-0.15, -0.1) is 11.8 Å². The van der Waals surface area contributed by atoms with Crippen LogP contribution in [0.15, 0.2) is 131 Å². The van der Waals surface area contributed by atoms with Crippen LogP contribution in [-0.4, -0.2) is 228 Å². The molecule has 2 heterocycles. The molecule has 3 aliphatic rings. The summed E-state index contributed by atoms with van der Waals surface area (Å²) in [5.74, 6) is -8.41. The number of hydrogen-bond acceptors (Lipinski definition) is 24. The summed E-state index contributed by atoms with van der Waals surface area (Å²) >= 11 is 1.10. The minimum absolute atomic E-state index is 0.0382. The number of carbonyl (C=O) groups excluding carboxylic acids is 4. The van der Waals surface area contributed by atoms with Crippen molar-refractivity contribution in [2.45, 2.75) is 306 Å². The minimum atomic E-state index is -2.25. The molecule has 24 heteroatoms. The van der Waals surface area contributed by atoms with Gasteiger partial charge in [-0.1, -0.05) is 171 Å². The first-order valence-electron chi connectivity index (χ1n) is 38.1. The maximum Gasteiger partial charge on any atom is 0.311 e. The van der Waals surface area contributed by atoms with E-state index in [1.807, 2.05) is 13.0 Å². The average Bonchev–Trinajstić information content (AvgIpc) is 0.791. The molecule has 1 fully saturated rings. The molecule has 0 amide bonds. The largest absolute Gasteiger partial charge is 0.504 e. The van der Waals surface area contributed by atoms with Crippen molar-refractivity contribution in [3.8, 4) is 0 Å². The number of esters is 1. The van der Waals surface area contributed by atoms with Crippen LogP contribution in [0.5, 0.6) is 0 Å². The molecule has 2 aliphatic heterocycles. The van der Waals surface area contributed by atoms with Gasteiger partial charge in [0.05, 0.1) is 109 Å². The van der Waals surface area contributed by atoms with Crippen molar-refractivity contribution >= 4 is 35.1 Å². The molecular weight excluding hydrogens is 1380 g/mol. The van der Waals surface area contributed by atoms with Crippen LogP contribution in [0.3, 0.4) is 0 Å². The number of hydrogen-bond donors (Lipinski definition) is 16. The quantitative estimate of drug-likeness (QED) is 0.0590. The Morgan fingerprint density at radius 1 is 0.604 bits per heavy atom. The molecule has 0 aromatic rings. The Balaban J connectivity index is 1.78. The van der Waals surface area contributed by atoms with Gasteiger partial charge in [-0.05, 0) is 114 Å². The average molecular weight is 1520 g/mol. The zero-order chi connectivity index (χ0) is 79.2. The molecule has 0 saturated carbocycles. The molecule has 1 aliphatic carbocycles. The van der Waals surface area contributed by atoms with Gasteiger partial charge in [0.25, 0.3) is 0 Å². The Labute approximate surface area is 633 Å². The standard InChI is InChI=1S/C82H130O23S/c1-51(36-39-74(103-8)76-79(101)71(95)48-72(96)81(76)106-9)26-23-24-35-68-46-67(92)44-63(88)32-20-15-11-13-18-30-59(84)40-58(83)29-17-12-10-14-19-31-60(85)41-65(90)42-61(86)33-21-16-22-34-62(87)43-66(91)45-64(89)38-37-52(2)69(93)47-70(94)55(5)77(99)53(3)27-25-28-54(4)78(100)57(7)80-56(6)73(97)49-82(102,105-80)50-75(98)104-68/h10,12,14,16-17,19,21-28,31,34-35,48,51-52,54-64,66-70,73-74,77-78,80,83-89,91-95,97,99-100,102H,11,13,15,18,20,29-30,32-33,36-47,49-50H2,1-9H3/b14-10-,17-12-,21-16-,26-23+,28-25-,31-19-,34-22-,35-24?,53-27-/t51-,52+,54+,55+,56+,57-,58-,59-,60+,61-,62-,63+,64+,66+,67-,68-,69-,70+,73-,74+,77-,78-,80+,82-/m0/s1. The smallest absolute Gasteiger partial charge is 0.311 e. The minimum Gasteiger partial charge on any atom is -0.504 e. The number of aliphatic hydroxyl groups excluding tert-OH is 15.